The van der Waals surface area contributed by atoms with Gasteiger partial charge in [-0.2, -0.15) is 0 Å². The lowest BCUT2D eigenvalue weighted by Gasteiger charge is -2.39. The van der Waals surface area contributed by atoms with Crippen LogP contribution in [-0.2, 0) is 0 Å². The van der Waals surface area contributed by atoms with Crippen LogP contribution in [0.25, 0.3) is 0 Å². The maximum atomic E-state index is 2.91. The Balaban J connectivity index is 1.35. The third-order valence-electron chi connectivity index (χ3n) is 8.68. The van der Waals surface area contributed by atoms with E-state index in [1.54, 1.807) is 0 Å². The molecule has 4 aromatic rings. The van der Waals surface area contributed by atoms with Crippen LogP contribution in [-0.4, -0.2) is 11.0 Å². The summed E-state index contributed by atoms with van der Waals surface area (Å²) in [6.45, 7) is 3.42. The predicted molar refractivity (Wildman–Crippen MR) is 204 cm³/mol. The number of hydrogen-bond acceptors (Lipinski definition) is 1. The van der Waals surface area contributed by atoms with Crippen molar-refractivity contribution >= 4 is 37.4 Å². The zero-order valence-corrected chi connectivity index (χ0v) is 29.7. The van der Waals surface area contributed by atoms with E-state index in [2.05, 4.69) is 133 Å². The highest BCUT2D eigenvalue weighted by Gasteiger charge is 2.31. The molecule has 4 rings (SSSR count). The van der Waals surface area contributed by atoms with E-state index in [4.69, 9.17) is 0 Å². The van der Waals surface area contributed by atoms with Gasteiger partial charge in [-0.05, 0) is 27.6 Å². The highest BCUT2D eigenvalue weighted by atomic mass is 31.2. The average Bonchev–Trinajstić information content (AvgIpc) is 3.10. The Hall–Kier alpha value is -2.30. The van der Waals surface area contributed by atoms with Crippen LogP contribution in [0.5, 0.6) is 0 Å². The molecule has 240 valence electrons. The summed E-state index contributed by atoms with van der Waals surface area (Å²) in [6.07, 6.45) is 22.5. The summed E-state index contributed by atoms with van der Waals surface area (Å²) >= 11 is 0. The third kappa shape index (κ3) is 12.8. The molecule has 0 spiro atoms. The van der Waals surface area contributed by atoms with Crippen molar-refractivity contribution < 1.29 is 0 Å². The summed E-state index contributed by atoms with van der Waals surface area (Å²) < 4.78 is 2.91. The first-order valence-electron chi connectivity index (χ1n) is 18.0. The molecule has 0 radical (unpaired) electrons. The maximum Gasteiger partial charge on any atom is 0.0323 e. The van der Waals surface area contributed by atoms with Crippen molar-refractivity contribution in [3.8, 4) is 0 Å². The summed E-state index contributed by atoms with van der Waals surface area (Å²) in [5, 5.41) is 5.76. The molecule has 0 aliphatic carbocycles. The van der Waals surface area contributed by atoms with Gasteiger partial charge in [0.2, 0.25) is 0 Å². The van der Waals surface area contributed by atoms with E-state index in [0.717, 1.165) is 6.54 Å². The minimum Gasteiger partial charge on any atom is -0.245 e. The molecule has 0 saturated heterocycles. The average molecular weight is 638 g/mol. The van der Waals surface area contributed by atoms with E-state index < -0.39 is 16.1 Å². The summed E-state index contributed by atoms with van der Waals surface area (Å²) in [5.74, 6) is 0. The Bertz CT molecular complexity index is 1090. The highest BCUT2D eigenvalue weighted by Crippen LogP contribution is 2.54. The molecule has 0 unspecified atom stereocenters. The van der Waals surface area contributed by atoms with Gasteiger partial charge < -0.3 is 0 Å². The molecule has 0 saturated carbocycles. The van der Waals surface area contributed by atoms with Crippen LogP contribution in [0, 0.1) is 0 Å². The van der Waals surface area contributed by atoms with Crippen LogP contribution in [0.15, 0.2) is 121 Å². The minimum absolute atomic E-state index is 0.682. The number of hydrogen-bond donors (Lipinski definition) is 0. The predicted octanol–water partition coefficient (Wildman–Crippen LogP) is 11.6. The number of nitrogens with zero attached hydrogens (tertiary/aromatic N) is 1. The van der Waals surface area contributed by atoms with Crippen molar-refractivity contribution in [3.63, 3.8) is 0 Å². The second kappa shape index (κ2) is 22.3. The van der Waals surface area contributed by atoms with Gasteiger partial charge in [0.1, 0.15) is 0 Å². The lowest BCUT2D eigenvalue weighted by Crippen LogP contribution is -2.32. The van der Waals surface area contributed by atoms with Crippen LogP contribution >= 0.6 is 16.1 Å². The van der Waals surface area contributed by atoms with Gasteiger partial charge in [0.05, 0.1) is 0 Å². The van der Waals surface area contributed by atoms with Gasteiger partial charge in [-0.3, -0.25) is 0 Å². The fourth-order valence-electron chi connectivity index (χ4n) is 6.20. The van der Waals surface area contributed by atoms with E-state index in [1.165, 1.54) is 124 Å². The topological polar surface area (TPSA) is 3.24 Å². The first-order chi connectivity index (χ1) is 22.4. The Morgan fingerprint density at radius 3 is 0.844 bits per heavy atom. The van der Waals surface area contributed by atoms with E-state index in [0.29, 0.717) is 0 Å². The summed E-state index contributed by atoms with van der Waals surface area (Å²) in [7, 11) is -1.36. The molecule has 0 heterocycles. The van der Waals surface area contributed by atoms with Gasteiger partial charge in [0.25, 0.3) is 0 Å². The van der Waals surface area contributed by atoms with Gasteiger partial charge in [-0.1, -0.05) is 225 Å². The second-order valence-corrected chi connectivity index (χ2v) is 17.0. The van der Waals surface area contributed by atoms with E-state index in [1.807, 2.05) is 0 Å². The summed E-state index contributed by atoms with van der Waals surface area (Å²) in [5.41, 5.74) is 0. The van der Waals surface area contributed by atoms with Crippen molar-refractivity contribution in [2.75, 3.05) is 6.54 Å². The quantitative estimate of drug-likeness (QED) is 0.0578. The molecule has 0 fully saturated rings. The summed E-state index contributed by atoms with van der Waals surface area (Å²) in [6, 6.07) is 45.1. The van der Waals surface area contributed by atoms with Crippen molar-refractivity contribution in [3.05, 3.63) is 121 Å². The molecular formula is C42H57NP2. The fourth-order valence-corrected chi connectivity index (χ4v) is 12.3. The SMILES string of the molecule is CCCCCCCCCCCCCCCCCCN(P(c1ccccc1)c1ccccc1)P(c1ccccc1)c1ccccc1. The van der Waals surface area contributed by atoms with Crippen molar-refractivity contribution in [1.82, 2.24) is 4.44 Å². The normalized spacial score (nSPS) is 11.6. The Labute approximate surface area is 278 Å². The van der Waals surface area contributed by atoms with E-state index >= 15 is 0 Å². The van der Waals surface area contributed by atoms with Crippen molar-refractivity contribution in [2.45, 2.75) is 110 Å². The first kappa shape index (κ1) is 35.6. The first-order valence-corrected chi connectivity index (χ1v) is 20.5. The zero-order valence-electron chi connectivity index (χ0n) is 27.9. The van der Waals surface area contributed by atoms with Gasteiger partial charge in [0.15, 0.2) is 0 Å². The van der Waals surface area contributed by atoms with Gasteiger partial charge in [-0.15, -0.1) is 0 Å². The van der Waals surface area contributed by atoms with Gasteiger partial charge in [0, 0.05) is 22.7 Å². The molecule has 0 amide bonds. The van der Waals surface area contributed by atoms with Gasteiger partial charge >= 0.3 is 0 Å². The zero-order chi connectivity index (χ0) is 31.2. The number of unbranched alkanes of at least 4 members (excludes halogenated alkanes) is 15. The Morgan fingerprint density at radius 1 is 0.333 bits per heavy atom. The monoisotopic (exact) mass is 637 g/mol. The molecule has 4 aromatic carbocycles. The van der Waals surface area contributed by atoms with Crippen LogP contribution in [0.2, 0.25) is 0 Å². The van der Waals surface area contributed by atoms with Crippen molar-refractivity contribution in [1.29, 1.82) is 0 Å². The lowest BCUT2D eigenvalue weighted by atomic mass is 10.0. The van der Waals surface area contributed by atoms with E-state index in [-0.39, 0.29) is 0 Å². The van der Waals surface area contributed by atoms with Gasteiger partial charge in [-0.25, -0.2) is 4.44 Å². The molecule has 0 aromatic heterocycles. The highest BCUT2D eigenvalue weighted by molar-refractivity contribution is 7.84. The number of rotatable bonds is 23. The molecule has 0 aliphatic heterocycles. The van der Waals surface area contributed by atoms with Crippen LogP contribution in [0.3, 0.4) is 0 Å². The molecule has 0 aliphatic rings. The minimum atomic E-state index is -0.682. The fraction of sp³-hybridized carbons (Fsp3) is 0.429. The molecule has 1 nitrogen and oxygen atoms in total. The van der Waals surface area contributed by atoms with E-state index in [9.17, 15) is 0 Å². The summed E-state index contributed by atoms with van der Waals surface area (Å²) in [4.78, 5) is 0. The third-order valence-corrected chi connectivity index (χ3v) is 14.2. The molecule has 0 bridgehead atoms. The molecular weight excluding hydrogens is 580 g/mol. The van der Waals surface area contributed by atoms with Crippen LogP contribution in [0.1, 0.15) is 110 Å². The Morgan fingerprint density at radius 2 is 0.578 bits per heavy atom. The number of benzene rings is 4. The lowest BCUT2D eigenvalue weighted by molar-refractivity contribution is 0.524. The molecule has 45 heavy (non-hydrogen) atoms. The molecule has 0 atom stereocenters. The second-order valence-electron chi connectivity index (χ2n) is 12.4. The largest absolute Gasteiger partial charge is 0.245 e. The standard InChI is InChI=1S/C42H57NP2/c1-2-3-4-5-6-7-8-9-10-11-12-13-14-15-16-29-38-43(44(39-30-21-17-22-31-39)40-32-23-18-24-33-40)45(41-34-25-19-26-35-41)42-36-27-20-28-37-42/h17-28,30-37H,2-16,29,38H2,1H3. The van der Waals surface area contributed by atoms with Crippen LogP contribution < -0.4 is 21.2 Å². The van der Waals surface area contributed by atoms with Crippen molar-refractivity contribution in [2.24, 2.45) is 0 Å². The molecule has 0 N–H and O–H groups in total. The van der Waals surface area contributed by atoms with Crippen LogP contribution in [0.4, 0.5) is 0 Å². The Kier molecular flexibility index (Phi) is 17.6. The smallest absolute Gasteiger partial charge is 0.0323 e. The molecule has 3 heteroatoms. The maximum absolute atomic E-state index is 2.91.